The summed E-state index contributed by atoms with van der Waals surface area (Å²) >= 11 is 0. The third-order valence-corrected chi connectivity index (χ3v) is 10.2. The fourth-order valence-electron chi connectivity index (χ4n) is 8.82. The second-order valence-electron chi connectivity index (χ2n) is 11.0. The Labute approximate surface area is 160 Å². The second kappa shape index (κ2) is 6.82. The first-order chi connectivity index (χ1) is 12.4. The Morgan fingerprint density at radius 1 is 0.962 bits per heavy atom. The smallest absolute Gasteiger partial charge is 0.303 e. The number of hydrogen-bond donors (Lipinski definition) is 1. The number of carbonyl (C=O) groups is 1. The molecule has 0 radical (unpaired) electrons. The first-order valence-corrected chi connectivity index (χ1v) is 11.6. The molecule has 0 heterocycles. The van der Waals surface area contributed by atoms with Crippen LogP contribution in [-0.2, 0) is 4.79 Å². The van der Waals surface area contributed by atoms with Crippen molar-refractivity contribution in [2.45, 2.75) is 97.8 Å². The van der Waals surface area contributed by atoms with Crippen LogP contribution >= 0.6 is 0 Å². The lowest BCUT2D eigenvalue weighted by atomic mass is 9.44. The van der Waals surface area contributed by atoms with Gasteiger partial charge in [0.25, 0.3) is 0 Å². The molecular formula is C24H40O2. The average Bonchev–Trinajstić information content (AvgIpc) is 2.96. The van der Waals surface area contributed by atoms with E-state index in [2.05, 4.69) is 20.8 Å². The molecule has 0 amide bonds. The molecule has 0 saturated heterocycles. The molecule has 4 fully saturated rings. The number of aliphatic carboxylic acids is 1. The van der Waals surface area contributed by atoms with E-state index in [0.717, 1.165) is 36.0 Å². The van der Waals surface area contributed by atoms with Gasteiger partial charge in [0.1, 0.15) is 0 Å². The Balaban J connectivity index is 1.52. The number of hydrogen-bond acceptors (Lipinski definition) is 1. The van der Waals surface area contributed by atoms with E-state index < -0.39 is 5.97 Å². The highest BCUT2D eigenvalue weighted by Gasteiger charge is 2.60. The van der Waals surface area contributed by atoms with Crippen LogP contribution in [0.3, 0.4) is 0 Å². The Bertz CT molecular complexity index is 542. The van der Waals surface area contributed by atoms with Crippen LogP contribution in [0, 0.1) is 46.3 Å². The summed E-state index contributed by atoms with van der Waals surface area (Å²) in [6.45, 7) is 7.60. The van der Waals surface area contributed by atoms with Gasteiger partial charge >= 0.3 is 5.97 Å². The van der Waals surface area contributed by atoms with Gasteiger partial charge in [-0.05, 0) is 104 Å². The van der Waals surface area contributed by atoms with Crippen molar-refractivity contribution in [3.8, 4) is 0 Å². The van der Waals surface area contributed by atoms with Crippen LogP contribution in [0.25, 0.3) is 0 Å². The van der Waals surface area contributed by atoms with Gasteiger partial charge in [-0.15, -0.1) is 0 Å². The van der Waals surface area contributed by atoms with E-state index in [1.165, 1.54) is 64.2 Å². The molecule has 4 aliphatic carbocycles. The van der Waals surface area contributed by atoms with Gasteiger partial charge in [0, 0.05) is 6.42 Å². The van der Waals surface area contributed by atoms with Crippen molar-refractivity contribution in [2.24, 2.45) is 46.3 Å². The molecule has 1 N–H and O–H groups in total. The minimum Gasteiger partial charge on any atom is -0.481 e. The van der Waals surface area contributed by atoms with E-state index in [9.17, 15) is 4.79 Å². The highest BCUT2D eigenvalue weighted by Crippen LogP contribution is 2.68. The lowest BCUT2D eigenvalue weighted by molar-refractivity contribution is -0.137. The van der Waals surface area contributed by atoms with Gasteiger partial charge in [0.05, 0.1) is 0 Å². The maximum absolute atomic E-state index is 11.0. The zero-order valence-electron chi connectivity index (χ0n) is 17.3. The summed E-state index contributed by atoms with van der Waals surface area (Å²) in [6.07, 6.45) is 15.7. The maximum Gasteiger partial charge on any atom is 0.303 e. The third kappa shape index (κ3) is 2.85. The molecule has 2 heteroatoms. The van der Waals surface area contributed by atoms with Gasteiger partial charge in [0.15, 0.2) is 0 Å². The number of carboxylic acids is 1. The van der Waals surface area contributed by atoms with Crippen molar-refractivity contribution in [1.29, 1.82) is 0 Å². The summed E-state index contributed by atoms with van der Waals surface area (Å²) in [4.78, 5) is 11.0. The van der Waals surface area contributed by atoms with E-state index in [1.807, 2.05) is 0 Å². The molecule has 0 aromatic rings. The molecule has 26 heavy (non-hydrogen) atoms. The molecule has 0 aromatic heterocycles. The Hall–Kier alpha value is -0.530. The number of fused-ring (bicyclic) bond motifs is 5. The largest absolute Gasteiger partial charge is 0.481 e. The predicted octanol–water partition coefficient (Wildman–Crippen LogP) is 6.54. The topological polar surface area (TPSA) is 37.3 Å². The molecular weight excluding hydrogens is 320 g/mol. The SMILES string of the molecule is C[C@H](CCC(=O)O)C1CCC2C3CC[C@@H]4CCCC[C@]4(C)C3CC[C@@]21C. The monoisotopic (exact) mass is 360 g/mol. The van der Waals surface area contributed by atoms with Gasteiger partial charge in [-0.1, -0.05) is 33.6 Å². The van der Waals surface area contributed by atoms with Crippen LogP contribution in [0.15, 0.2) is 0 Å². The summed E-state index contributed by atoms with van der Waals surface area (Å²) in [5.74, 6) is 4.57. The van der Waals surface area contributed by atoms with Crippen molar-refractivity contribution in [3.05, 3.63) is 0 Å². The molecule has 0 aromatic carbocycles. The summed E-state index contributed by atoms with van der Waals surface area (Å²) in [5.41, 5.74) is 1.12. The molecule has 2 nitrogen and oxygen atoms in total. The zero-order chi connectivity index (χ0) is 18.5. The van der Waals surface area contributed by atoms with Crippen LogP contribution < -0.4 is 0 Å². The van der Waals surface area contributed by atoms with Crippen LogP contribution in [0.1, 0.15) is 97.8 Å². The van der Waals surface area contributed by atoms with E-state index in [0.29, 0.717) is 23.2 Å². The van der Waals surface area contributed by atoms with Crippen molar-refractivity contribution in [3.63, 3.8) is 0 Å². The standard InChI is InChI=1S/C24H40O2/c1-16(7-12-22(25)26)19-10-11-20-18-9-8-17-6-4-5-14-23(17,2)21(18)13-15-24(19,20)3/h16-21H,4-15H2,1-3H3,(H,25,26)/t16-,17+,18?,19?,20?,21?,23+,24-/m1/s1. The Morgan fingerprint density at radius 3 is 2.50 bits per heavy atom. The first kappa shape index (κ1) is 18.8. The summed E-state index contributed by atoms with van der Waals surface area (Å²) in [7, 11) is 0. The van der Waals surface area contributed by atoms with Crippen LogP contribution in [0.4, 0.5) is 0 Å². The van der Waals surface area contributed by atoms with Crippen molar-refractivity contribution in [2.75, 3.05) is 0 Å². The minimum atomic E-state index is -0.621. The van der Waals surface area contributed by atoms with Crippen molar-refractivity contribution < 1.29 is 9.90 Å². The van der Waals surface area contributed by atoms with Gasteiger partial charge in [-0.2, -0.15) is 0 Å². The second-order valence-corrected chi connectivity index (χ2v) is 11.0. The van der Waals surface area contributed by atoms with Crippen LogP contribution in [0.2, 0.25) is 0 Å². The van der Waals surface area contributed by atoms with E-state index in [4.69, 9.17) is 5.11 Å². The molecule has 8 atom stereocenters. The highest BCUT2D eigenvalue weighted by molar-refractivity contribution is 5.66. The van der Waals surface area contributed by atoms with Crippen molar-refractivity contribution >= 4 is 5.97 Å². The molecule has 4 aliphatic rings. The fourth-order valence-corrected chi connectivity index (χ4v) is 8.82. The lowest BCUT2D eigenvalue weighted by Crippen LogP contribution is -2.53. The summed E-state index contributed by atoms with van der Waals surface area (Å²) < 4.78 is 0. The highest BCUT2D eigenvalue weighted by atomic mass is 16.4. The molecule has 4 unspecified atom stereocenters. The van der Waals surface area contributed by atoms with E-state index in [1.54, 1.807) is 0 Å². The van der Waals surface area contributed by atoms with Crippen LogP contribution in [0.5, 0.6) is 0 Å². The maximum atomic E-state index is 11.0. The first-order valence-electron chi connectivity index (χ1n) is 11.6. The molecule has 4 rings (SSSR count). The number of rotatable bonds is 4. The molecule has 148 valence electrons. The fraction of sp³-hybridized carbons (Fsp3) is 0.958. The van der Waals surface area contributed by atoms with Gasteiger partial charge in [-0.25, -0.2) is 0 Å². The van der Waals surface area contributed by atoms with E-state index >= 15 is 0 Å². The van der Waals surface area contributed by atoms with Gasteiger partial charge in [-0.3, -0.25) is 4.79 Å². The van der Waals surface area contributed by atoms with E-state index in [-0.39, 0.29) is 0 Å². The quantitative estimate of drug-likeness (QED) is 0.618. The molecule has 0 aliphatic heterocycles. The number of carboxylic acid groups (broad SMARTS) is 1. The lowest BCUT2D eigenvalue weighted by Gasteiger charge is -2.61. The zero-order valence-corrected chi connectivity index (χ0v) is 17.3. The molecule has 0 bridgehead atoms. The van der Waals surface area contributed by atoms with Gasteiger partial charge < -0.3 is 5.11 Å². The minimum absolute atomic E-state index is 0.351. The predicted molar refractivity (Wildman–Crippen MR) is 106 cm³/mol. The molecule has 4 saturated carbocycles. The summed E-state index contributed by atoms with van der Waals surface area (Å²) in [5, 5.41) is 9.09. The van der Waals surface area contributed by atoms with Crippen LogP contribution in [-0.4, -0.2) is 11.1 Å². The third-order valence-electron chi connectivity index (χ3n) is 10.2. The summed E-state index contributed by atoms with van der Waals surface area (Å²) in [6, 6.07) is 0. The van der Waals surface area contributed by atoms with Gasteiger partial charge in [0.2, 0.25) is 0 Å². The average molecular weight is 361 g/mol. The Morgan fingerprint density at radius 2 is 1.73 bits per heavy atom. The molecule has 0 spiro atoms. The van der Waals surface area contributed by atoms with Crippen molar-refractivity contribution in [1.82, 2.24) is 0 Å². The Kier molecular flexibility index (Phi) is 4.93. The normalized spacial score (nSPS) is 49.0.